The summed E-state index contributed by atoms with van der Waals surface area (Å²) in [6, 6.07) is 14.5. The number of para-hydroxylation sites is 1. The Labute approximate surface area is 107 Å². The van der Waals surface area contributed by atoms with E-state index in [-0.39, 0.29) is 0 Å². The maximum absolute atomic E-state index is 5.91. The van der Waals surface area contributed by atoms with Crippen molar-refractivity contribution in [3.05, 3.63) is 59.7 Å². The van der Waals surface area contributed by atoms with E-state index in [1.54, 1.807) is 0 Å². The number of hydrogen-bond acceptors (Lipinski definition) is 2. The third-order valence-corrected chi connectivity index (χ3v) is 3.34. The lowest BCUT2D eigenvalue weighted by molar-refractivity contribution is 1.07. The van der Waals surface area contributed by atoms with Gasteiger partial charge in [0.25, 0.3) is 0 Å². The highest BCUT2D eigenvalue weighted by Gasteiger charge is 2.15. The van der Waals surface area contributed by atoms with Gasteiger partial charge in [-0.2, -0.15) is 0 Å². The van der Waals surface area contributed by atoms with Crippen molar-refractivity contribution < 1.29 is 0 Å². The van der Waals surface area contributed by atoms with Crippen LogP contribution in [0.25, 0.3) is 6.08 Å². The molecule has 2 N–H and O–H groups in total. The molecule has 1 aliphatic rings. The van der Waals surface area contributed by atoms with Crippen LogP contribution in [0, 0.1) is 6.92 Å². The molecule has 2 heteroatoms. The van der Waals surface area contributed by atoms with Gasteiger partial charge in [0.1, 0.15) is 0 Å². The second-order valence-electron chi connectivity index (χ2n) is 4.62. The van der Waals surface area contributed by atoms with Gasteiger partial charge >= 0.3 is 0 Å². The average molecular weight is 236 g/mol. The van der Waals surface area contributed by atoms with Gasteiger partial charge in [0.05, 0.1) is 0 Å². The molecule has 0 amide bonds. The molecule has 0 radical (unpaired) electrons. The SMILES string of the molecule is Cc1ccc(N)cc1N1CC=Cc2ccccc21. The largest absolute Gasteiger partial charge is 0.399 e. The number of nitrogen functional groups attached to an aromatic ring is 1. The monoisotopic (exact) mass is 236 g/mol. The molecule has 2 aromatic rings. The molecule has 18 heavy (non-hydrogen) atoms. The minimum atomic E-state index is 0.808. The molecule has 90 valence electrons. The second kappa shape index (κ2) is 4.22. The Morgan fingerprint density at radius 3 is 2.78 bits per heavy atom. The maximum Gasteiger partial charge on any atom is 0.0487 e. The number of rotatable bonds is 1. The van der Waals surface area contributed by atoms with Crippen molar-refractivity contribution in [2.24, 2.45) is 0 Å². The van der Waals surface area contributed by atoms with Crippen molar-refractivity contribution in [2.45, 2.75) is 6.92 Å². The summed E-state index contributed by atoms with van der Waals surface area (Å²) in [4.78, 5) is 2.31. The molecule has 0 fully saturated rings. The summed E-state index contributed by atoms with van der Waals surface area (Å²) in [5.74, 6) is 0. The van der Waals surface area contributed by atoms with E-state index < -0.39 is 0 Å². The van der Waals surface area contributed by atoms with Crippen LogP contribution >= 0.6 is 0 Å². The van der Waals surface area contributed by atoms with Crippen LogP contribution in [0.3, 0.4) is 0 Å². The normalized spacial score (nSPS) is 13.5. The van der Waals surface area contributed by atoms with Gasteiger partial charge in [0.15, 0.2) is 0 Å². The lowest BCUT2D eigenvalue weighted by Gasteiger charge is -2.29. The standard InChI is InChI=1S/C16H16N2/c1-12-8-9-14(17)11-16(12)18-10-4-6-13-5-2-3-7-15(13)18/h2-9,11H,10,17H2,1H3. The zero-order chi connectivity index (χ0) is 12.5. The van der Waals surface area contributed by atoms with Gasteiger partial charge in [-0.25, -0.2) is 0 Å². The molecule has 0 aromatic heterocycles. The van der Waals surface area contributed by atoms with Crippen LogP contribution in [0.5, 0.6) is 0 Å². The Hall–Kier alpha value is -2.22. The Bertz CT molecular complexity index is 614. The molecule has 0 bridgehead atoms. The number of fused-ring (bicyclic) bond motifs is 1. The zero-order valence-electron chi connectivity index (χ0n) is 10.4. The van der Waals surface area contributed by atoms with Crippen molar-refractivity contribution in [3.63, 3.8) is 0 Å². The molecule has 0 unspecified atom stereocenters. The quantitative estimate of drug-likeness (QED) is 0.764. The average Bonchev–Trinajstić information content (AvgIpc) is 2.41. The van der Waals surface area contributed by atoms with Crippen molar-refractivity contribution in [1.29, 1.82) is 0 Å². The summed E-state index contributed by atoms with van der Waals surface area (Å²) in [5, 5.41) is 0. The molecule has 2 nitrogen and oxygen atoms in total. The first-order valence-corrected chi connectivity index (χ1v) is 6.15. The number of hydrogen-bond donors (Lipinski definition) is 1. The van der Waals surface area contributed by atoms with Crippen LogP contribution in [0.15, 0.2) is 48.5 Å². The molecular weight excluding hydrogens is 220 g/mol. The minimum absolute atomic E-state index is 0.808. The highest BCUT2D eigenvalue weighted by Crippen LogP contribution is 2.34. The number of nitrogens with zero attached hydrogens (tertiary/aromatic N) is 1. The van der Waals surface area contributed by atoms with Gasteiger partial charge in [-0.3, -0.25) is 0 Å². The van der Waals surface area contributed by atoms with Gasteiger partial charge in [-0.15, -0.1) is 0 Å². The number of aryl methyl sites for hydroxylation is 1. The maximum atomic E-state index is 5.91. The first kappa shape index (κ1) is 10.9. The number of anilines is 3. The van der Waals surface area contributed by atoms with Gasteiger partial charge in [0, 0.05) is 23.6 Å². The van der Waals surface area contributed by atoms with Crippen LogP contribution in [0.2, 0.25) is 0 Å². The minimum Gasteiger partial charge on any atom is -0.399 e. The summed E-state index contributed by atoms with van der Waals surface area (Å²) in [6.45, 7) is 3.01. The van der Waals surface area contributed by atoms with Crippen LogP contribution in [0.1, 0.15) is 11.1 Å². The fraction of sp³-hybridized carbons (Fsp3) is 0.125. The Morgan fingerprint density at radius 1 is 1.06 bits per heavy atom. The van der Waals surface area contributed by atoms with E-state index in [9.17, 15) is 0 Å². The first-order valence-electron chi connectivity index (χ1n) is 6.15. The van der Waals surface area contributed by atoms with E-state index in [4.69, 9.17) is 5.73 Å². The molecule has 1 heterocycles. The van der Waals surface area contributed by atoms with Crippen LogP contribution in [-0.2, 0) is 0 Å². The third-order valence-electron chi connectivity index (χ3n) is 3.34. The van der Waals surface area contributed by atoms with Gasteiger partial charge in [0.2, 0.25) is 0 Å². The molecule has 0 atom stereocenters. The van der Waals surface area contributed by atoms with Gasteiger partial charge < -0.3 is 10.6 Å². The Morgan fingerprint density at radius 2 is 1.89 bits per heavy atom. The van der Waals surface area contributed by atoms with Crippen LogP contribution in [-0.4, -0.2) is 6.54 Å². The smallest absolute Gasteiger partial charge is 0.0487 e. The van der Waals surface area contributed by atoms with Crippen molar-refractivity contribution in [2.75, 3.05) is 17.2 Å². The summed E-state index contributed by atoms with van der Waals surface area (Å²) in [6.07, 6.45) is 4.36. The summed E-state index contributed by atoms with van der Waals surface area (Å²) in [5.41, 5.74) is 11.6. The summed E-state index contributed by atoms with van der Waals surface area (Å²) < 4.78 is 0. The Balaban J connectivity index is 2.13. The fourth-order valence-electron chi connectivity index (χ4n) is 2.40. The molecule has 2 aromatic carbocycles. The predicted molar refractivity (Wildman–Crippen MR) is 78.1 cm³/mol. The van der Waals surface area contributed by atoms with E-state index in [0.29, 0.717) is 0 Å². The summed E-state index contributed by atoms with van der Waals surface area (Å²) in [7, 11) is 0. The highest BCUT2D eigenvalue weighted by atomic mass is 15.1. The Kier molecular flexibility index (Phi) is 2.56. The molecular formula is C16H16N2. The summed E-state index contributed by atoms with van der Waals surface area (Å²) >= 11 is 0. The fourth-order valence-corrected chi connectivity index (χ4v) is 2.40. The number of benzene rings is 2. The topological polar surface area (TPSA) is 29.3 Å². The van der Waals surface area contributed by atoms with Crippen LogP contribution in [0.4, 0.5) is 17.1 Å². The lowest BCUT2D eigenvalue weighted by Crippen LogP contribution is -2.21. The van der Waals surface area contributed by atoms with E-state index in [1.165, 1.54) is 22.5 Å². The molecule has 0 aliphatic carbocycles. The van der Waals surface area contributed by atoms with E-state index in [2.05, 4.69) is 54.3 Å². The molecule has 1 aliphatic heterocycles. The first-order chi connectivity index (χ1) is 8.75. The molecule has 0 saturated carbocycles. The zero-order valence-corrected chi connectivity index (χ0v) is 10.4. The van der Waals surface area contributed by atoms with Crippen molar-refractivity contribution >= 4 is 23.1 Å². The van der Waals surface area contributed by atoms with Crippen LogP contribution < -0.4 is 10.6 Å². The van der Waals surface area contributed by atoms with Gasteiger partial charge in [-0.1, -0.05) is 36.4 Å². The van der Waals surface area contributed by atoms with E-state index in [0.717, 1.165) is 12.2 Å². The molecule has 0 spiro atoms. The lowest BCUT2D eigenvalue weighted by atomic mass is 10.0. The van der Waals surface area contributed by atoms with Crippen molar-refractivity contribution in [1.82, 2.24) is 0 Å². The van der Waals surface area contributed by atoms with Crippen molar-refractivity contribution in [3.8, 4) is 0 Å². The molecule has 0 saturated heterocycles. The third kappa shape index (κ3) is 1.76. The predicted octanol–water partition coefficient (Wildman–Crippen LogP) is 3.74. The van der Waals surface area contributed by atoms with E-state index >= 15 is 0 Å². The van der Waals surface area contributed by atoms with E-state index in [1.807, 2.05) is 12.1 Å². The molecule has 3 rings (SSSR count). The highest BCUT2D eigenvalue weighted by molar-refractivity contribution is 5.79. The number of nitrogens with two attached hydrogens (primary N) is 1. The second-order valence-corrected chi connectivity index (χ2v) is 4.62. The van der Waals surface area contributed by atoms with Gasteiger partial charge in [-0.05, 0) is 36.2 Å².